The van der Waals surface area contributed by atoms with E-state index in [1.165, 1.54) is 6.07 Å². The molecular formula is C22H25F3N2O3. The SMILES string of the molecule is Cc1ccc(OCC(=O)Nc2cccc(CNC(=O)C(F)(F)F)c2)c(C(C)(C)C)c1. The molecule has 0 heterocycles. The lowest BCUT2D eigenvalue weighted by molar-refractivity contribution is -0.173. The number of hydrogen-bond acceptors (Lipinski definition) is 3. The van der Waals surface area contributed by atoms with E-state index in [-0.39, 0.29) is 18.6 Å². The second kappa shape index (κ2) is 9.19. The van der Waals surface area contributed by atoms with Crippen molar-refractivity contribution in [2.24, 2.45) is 0 Å². The molecule has 0 saturated carbocycles. The molecule has 2 rings (SSSR count). The Bertz CT molecular complexity index is 919. The number of alkyl halides is 3. The summed E-state index contributed by atoms with van der Waals surface area (Å²) in [5.41, 5.74) is 2.72. The fourth-order valence-corrected chi connectivity index (χ4v) is 2.74. The Labute approximate surface area is 173 Å². The third kappa shape index (κ3) is 6.79. The van der Waals surface area contributed by atoms with Crippen molar-refractivity contribution in [3.63, 3.8) is 0 Å². The Hall–Kier alpha value is -3.03. The molecule has 0 saturated heterocycles. The number of aryl methyl sites for hydroxylation is 1. The zero-order valence-electron chi connectivity index (χ0n) is 17.3. The molecule has 2 aromatic rings. The summed E-state index contributed by atoms with van der Waals surface area (Å²) in [5, 5.41) is 4.43. The summed E-state index contributed by atoms with van der Waals surface area (Å²) < 4.78 is 42.5. The van der Waals surface area contributed by atoms with Gasteiger partial charge in [0.2, 0.25) is 0 Å². The first-order chi connectivity index (χ1) is 13.9. The van der Waals surface area contributed by atoms with E-state index >= 15 is 0 Å². The summed E-state index contributed by atoms with van der Waals surface area (Å²) in [6, 6.07) is 12.0. The summed E-state index contributed by atoms with van der Waals surface area (Å²) >= 11 is 0. The Morgan fingerprint density at radius 2 is 1.73 bits per heavy atom. The van der Waals surface area contributed by atoms with E-state index in [1.54, 1.807) is 23.5 Å². The van der Waals surface area contributed by atoms with Crippen LogP contribution in [0.1, 0.15) is 37.5 Å². The smallest absolute Gasteiger partial charge is 0.471 e. The van der Waals surface area contributed by atoms with Gasteiger partial charge >= 0.3 is 12.1 Å². The quantitative estimate of drug-likeness (QED) is 0.721. The Kier molecular flexibility index (Phi) is 7.12. The highest BCUT2D eigenvalue weighted by atomic mass is 19.4. The Morgan fingerprint density at radius 3 is 2.37 bits per heavy atom. The van der Waals surface area contributed by atoms with Crippen LogP contribution in [0.2, 0.25) is 0 Å². The molecule has 0 atom stereocenters. The normalized spacial score (nSPS) is 11.7. The minimum absolute atomic E-state index is 0.160. The number of ether oxygens (including phenoxy) is 1. The second-order valence-corrected chi connectivity index (χ2v) is 7.97. The number of benzene rings is 2. The molecule has 0 aliphatic heterocycles. The van der Waals surface area contributed by atoms with Crippen LogP contribution in [0.4, 0.5) is 18.9 Å². The first-order valence-corrected chi connectivity index (χ1v) is 9.34. The number of anilines is 1. The van der Waals surface area contributed by atoms with Gasteiger partial charge in [-0.3, -0.25) is 9.59 Å². The molecule has 0 aliphatic carbocycles. The standard InChI is InChI=1S/C22H25F3N2O3/c1-14-8-9-18(17(10-14)21(2,3)4)30-13-19(28)27-16-7-5-6-15(11-16)12-26-20(29)22(23,24)25/h5-11H,12-13H2,1-4H3,(H,26,29)(H,27,28). The Morgan fingerprint density at radius 1 is 1.03 bits per heavy atom. The van der Waals surface area contributed by atoms with Crippen LogP contribution in [-0.2, 0) is 21.5 Å². The van der Waals surface area contributed by atoms with Gasteiger partial charge in [0.1, 0.15) is 5.75 Å². The monoisotopic (exact) mass is 422 g/mol. The van der Waals surface area contributed by atoms with Crippen molar-refractivity contribution in [1.82, 2.24) is 5.32 Å². The maximum atomic E-state index is 12.3. The lowest BCUT2D eigenvalue weighted by atomic mass is 9.85. The van der Waals surface area contributed by atoms with E-state index in [1.807, 2.05) is 25.1 Å². The maximum absolute atomic E-state index is 12.3. The van der Waals surface area contributed by atoms with Crippen LogP contribution in [0.3, 0.4) is 0 Å². The van der Waals surface area contributed by atoms with Gasteiger partial charge in [-0.05, 0) is 41.7 Å². The fraction of sp³-hybridized carbons (Fsp3) is 0.364. The van der Waals surface area contributed by atoms with Crippen molar-refractivity contribution in [3.8, 4) is 5.75 Å². The van der Waals surface area contributed by atoms with E-state index in [2.05, 4.69) is 26.1 Å². The van der Waals surface area contributed by atoms with Gasteiger partial charge in [-0.1, -0.05) is 50.6 Å². The van der Waals surface area contributed by atoms with Gasteiger partial charge in [0.15, 0.2) is 6.61 Å². The molecular weight excluding hydrogens is 397 g/mol. The molecule has 2 aromatic carbocycles. The fourth-order valence-electron chi connectivity index (χ4n) is 2.74. The van der Waals surface area contributed by atoms with Gasteiger partial charge in [-0.15, -0.1) is 0 Å². The topological polar surface area (TPSA) is 67.4 Å². The Balaban J connectivity index is 1.97. The summed E-state index contributed by atoms with van der Waals surface area (Å²) in [4.78, 5) is 23.2. The van der Waals surface area contributed by atoms with Crippen molar-refractivity contribution in [2.75, 3.05) is 11.9 Å². The van der Waals surface area contributed by atoms with E-state index < -0.39 is 18.0 Å². The minimum Gasteiger partial charge on any atom is -0.483 e. The number of carbonyl (C=O) groups is 2. The molecule has 0 spiro atoms. The predicted molar refractivity (Wildman–Crippen MR) is 108 cm³/mol. The van der Waals surface area contributed by atoms with Crippen LogP contribution >= 0.6 is 0 Å². The number of hydrogen-bond donors (Lipinski definition) is 2. The van der Waals surface area contributed by atoms with Gasteiger partial charge in [0, 0.05) is 12.2 Å². The maximum Gasteiger partial charge on any atom is 0.471 e. The molecule has 162 valence electrons. The van der Waals surface area contributed by atoms with Crippen LogP contribution in [0.5, 0.6) is 5.75 Å². The van der Waals surface area contributed by atoms with Crippen LogP contribution in [0, 0.1) is 6.92 Å². The summed E-state index contributed by atoms with van der Waals surface area (Å²) in [6.45, 7) is 7.61. The molecule has 0 radical (unpaired) electrons. The number of rotatable bonds is 6. The van der Waals surface area contributed by atoms with Gasteiger partial charge in [-0.25, -0.2) is 0 Å². The molecule has 0 aliphatic rings. The van der Waals surface area contributed by atoms with E-state index in [4.69, 9.17) is 4.74 Å². The van der Waals surface area contributed by atoms with Crippen molar-refractivity contribution >= 4 is 17.5 Å². The largest absolute Gasteiger partial charge is 0.483 e. The molecule has 0 fully saturated rings. The van der Waals surface area contributed by atoms with E-state index in [9.17, 15) is 22.8 Å². The summed E-state index contributed by atoms with van der Waals surface area (Å²) in [5.74, 6) is -1.81. The molecule has 0 aromatic heterocycles. The van der Waals surface area contributed by atoms with Crippen LogP contribution in [0.25, 0.3) is 0 Å². The molecule has 8 heteroatoms. The first kappa shape index (κ1) is 23.3. The zero-order valence-corrected chi connectivity index (χ0v) is 17.3. The third-order valence-corrected chi connectivity index (χ3v) is 4.22. The molecule has 0 bridgehead atoms. The molecule has 2 N–H and O–H groups in total. The van der Waals surface area contributed by atoms with Crippen LogP contribution in [0.15, 0.2) is 42.5 Å². The van der Waals surface area contributed by atoms with Crippen molar-refractivity contribution in [1.29, 1.82) is 0 Å². The average molecular weight is 422 g/mol. The molecule has 30 heavy (non-hydrogen) atoms. The van der Waals surface area contributed by atoms with Gasteiger partial charge in [0.25, 0.3) is 5.91 Å². The second-order valence-electron chi connectivity index (χ2n) is 7.97. The lowest BCUT2D eigenvalue weighted by Gasteiger charge is -2.23. The predicted octanol–water partition coefficient (Wildman–Crippen LogP) is 4.49. The molecule has 2 amide bonds. The number of carbonyl (C=O) groups excluding carboxylic acids is 2. The van der Waals surface area contributed by atoms with E-state index in [0.29, 0.717) is 17.0 Å². The van der Waals surface area contributed by atoms with E-state index in [0.717, 1.165) is 11.1 Å². The van der Waals surface area contributed by atoms with Crippen LogP contribution in [-0.4, -0.2) is 24.6 Å². The highest BCUT2D eigenvalue weighted by molar-refractivity contribution is 5.92. The van der Waals surface area contributed by atoms with Gasteiger partial charge < -0.3 is 15.4 Å². The average Bonchev–Trinajstić information content (AvgIpc) is 2.64. The lowest BCUT2D eigenvalue weighted by Crippen LogP contribution is -2.36. The molecule has 5 nitrogen and oxygen atoms in total. The minimum atomic E-state index is -4.94. The van der Waals surface area contributed by atoms with Crippen molar-refractivity contribution in [3.05, 3.63) is 59.2 Å². The molecule has 0 unspecified atom stereocenters. The highest BCUT2D eigenvalue weighted by Crippen LogP contribution is 2.32. The number of amides is 2. The summed E-state index contributed by atoms with van der Waals surface area (Å²) in [6.07, 6.45) is -4.94. The first-order valence-electron chi connectivity index (χ1n) is 9.34. The number of halogens is 3. The van der Waals surface area contributed by atoms with Gasteiger partial charge in [0.05, 0.1) is 0 Å². The van der Waals surface area contributed by atoms with Crippen LogP contribution < -0.4 is 15.4 Å². The third-order valence-electron chi connectivity index (χ3n) is 4.22. The highest BCUT2D eigenvalue weighted by Gasteiger charge is 2.38. The number of nitrogens with one attached hydrogen (secondary N) is 2. The summed E-state index contributed by atoms with van der Waals surface area (Å²) in [7, 11) is 0. The zero-order chi connectivity index (χ0) is 22.5. The van der Waals surface area contributed by atoms with Crippen molar-refractivity contribution < 1.29 is 27.5 Å². The van der Waals surface area contributed by atoms with Gasteiger partial charge in [-0.2, -0.15) is 13.2 Å². The van der Waals surface area contributed by atoms with Crippen molar-refractivity contribution in [2.45, 2.75) is 45.8 Å².